The second-order valence-corrected chi connectivity index (χ2v) is 9.55. The summed E-state index contributed by atoms with van der Waals surface area (Å²) in [7, 11) is 0. The van der Waals surface area contributed by atoms with E-state index in [0.717, 1.165) is 5.56 Å². The Balaban J connectivity index is 1.57. The highest BCUT2D eigenvalue weighted by Crippen LogP contribution is 2.43. The number of thioether (sulfide) groups is 2. The van der Waals surface area contributed by atoms with Crippen molar-refractivity contribution in [2.75, 3.05) is 37.7 Å². The second kappa shape index (κ2) is 8.49. The maximum absolute atomic E-state index is 12.7. The molecule has 0 aliphatic carbocycles. The van der Waals surface area contributed by atoms with Gasteiger partial charge < -0.3 is 9.80 Å². The minimum Gasteiger partial charge on any atom is -0.339 e. The average Bonchev–Trinajstić information content (AvgIpc) is 2.67. The maximum Gasteiger partial charge on any atom is 0.253 e. The number of hydrogen-bond donors (Lipinski definition) is 0. The van der Waals surface area contributed by atoms with Crippen LogP contribution in [-0.2, 0) is 4.79 Å². The van der Waals surface area contributed by atoms with Crippen molar-refractivity contribution in [3.8, 4) is 0 Å². The Morgan fingerprint density at radius 3 is 2.08 bits per heavy atom. The van der Waals surface area contributed by atoms with E-state index in [4.69, 9.17) is 0 Å². The van der Waals surface area contributed by atoms with Gasteiger partial charge in [0, 0.05) is 37.7 Å². The van der Waals surface area contributed by atoms with Crippen molar-refractivity contribution in [1.82, 2.24) is 9.80 Å². The van der Waals surface area contributed by atoms with Crippen LogP contribution in [-0.4, -0.2) is 59.3 Å². The molecule has 0 atom stereocenters. The van der Waals surface area contributed by atoms with Gasteiger partial charge in [0.1, 0.15) is 0 Å². The zero-order chi connectivity index (χ0) is 17.8. The highest BCUT2D eigenvalue weighted by Gasteiger charge is 2.26. The SMILES string of the molecule is CC(C)C(=O)N1CCN(C(=O)c2ccc(C3SCCCS3)cc2)CC1. The third kappa shape index (κ3) is 4.53. The van der Waals surface area contributed by atoms with Crippen molar-refractivity contribution >= 4 is 35.3 Å². The number of piperazine rings is 1. The molecule has 3 rings (SSSR count). The van der Waals surface area contributed by atoms with Crippen LogP contribution in [0.4, 0.5) is 0 Å². The monoisotopic (exact) mass is 378 g/mol. The molecular weight excluding hydrogens is 352 g/mol. The third-order valence-electron chi connectivity index (χ3n) is 4.63. The van der Waals surface area contributed by atoms with Gasteiger partial charge >= 0.3 is 0 Å². The molecule has 0 N–H and O–H groups in total. The Labute approximate surface area is 158 Å². The van der Waals surface area contributed by atoms with E-state index in [1.54, 1.807) is 0 Å². The van der Waals surface area contributed by atoms with Crippen molar-refractivity contribution < 1.29 is 9.59 Å². The van der Waals surface area contributed by atoms with Crippen LogP contribution in [0, 0.1) is 5.92 Å². The van der Waals surface area contributed by atoms with E-state index in [0.29, 0.717) is 30.8 Å². The lowest BCUT2D eigenvalue weighted by molar-refractivity contribution is -0.135. The van der Waals surface area contributed by atoms with E-state index in [2.05, 4.69) is 12.1 Å². The van der Waals surface area contributed by atoms with Crippen LogP contribution in [0.1, 0.15) is 40.8 Å². The number of carbonyl (C=O) groups excluding carboxylic acids is 2. The van der Waals surface area contributed by atoms with Crippen LogP contribution in [0.3, 0.4) is 0 Å². The summed E-state index contributed by atoms with van der Waals surface area (Å²) in [6.45, 7) is 6.35. The summed E-state index contributed by atoms with van der Waals surface area (Å²) >= 11 is 3.99. The molecule has 0 aromatic heterocycles. The summed E-state index contributed by atoms with van der Waals surface area (Å²) in [5, 5.41) is 0. The Morgan fingerprint density at radius 2 is 1.52 bits per heavy atom. The fourth-order valence-electron chi connectivity index (χ4n) is 3.14. The van der Waals surface area contributed by atoms with Gasteiger partial charge in [0.15, 0.2) is 0 Å². The molecule has 6 heteroatoms. The van der Waals surface area contributed by atoms with Gasteiger partial charge in [-0.1, -0.05) is 26.0 Å². The van der Waals surface area contributed by atoms with Gasteiger partial charge in [0.25, 0.3) is 5.91 Å². The normalized spacial score (nSPS) is 19.3. The van der Waals surface area contributed by atoms with Crippen molar-refractivity contribution in [3.63, 3.8) is 0 Å². The fraction of sp³-hybridized carbons (Fsp3) is 0.579. The topological polar surface area (TPSA) is 40.6 Å². The summed E-state index contributed by atoms with van der Waals surface area (Å²) in [5.41, 5.74) is 2.05. The quantitative estimate of drug-likeness (QED) is 0.807. The number of benzene rings is 1. The molecular formula is C19H26N2O2S2. The summed E-state index contributed by atoms with van der Waals surface area (Å²) < 4.78 is 0.503. The van der Waals surface area contributed by atoms with Crippen molar-refractivity contribution in [3.05, 3.63) is 35.4 Å². The number of rotatable bonds is 3. The average molecular weight is 379 g/mol. The number of amides is 2. The molecule has 0 bridgehead atoms. The number of nitrogens with zero attached hydrogens (tertiary/aromatic N) is 2. The minimum absolute atomic E-state index is 0.0188. The first-order valence-corrected chi connectivity index (χ1v) is 11.1. The molecule has 136 valence electrons. The first-order chi connectivity index (χ1) is 12.1. The van der Waals surface area contributed by atoms with Gasteiger partial charge in [-0.25, -0.2) is 0 Å². The lowest BCUT2D eigenvalue weighted by atomic mass is 10.1. The van der Waals surface area contributed by atoms with Gasteiger partial charge in [-0.15, -0.1) is 23.5 Å². The molecule has 2 heterocycles. The lowest BCUT2D eigenvalue weighted by Gasteiger charge is -2.35. The van der Waals surface area contributed by atoms with E-state index in [9.17, 15) is 9.59 Å². The molecule has 1 aromatic rings. The molecule has 2 fully saturated rings. The predicted molar refractivity (Wildman–Crippen MR) is 106 cm³/mol. The van der Waals surface area contributed by atoms with Crippen molar-refractivity contribution in [2.24, 2.45) is 5.92 Å². The van der Waals surface area contributed by atoms with Crippen molar-refractivity contribution in [1.29, 1.82) is 0 Å². The molecule has 2 amide bonds. The van der Waals surface area contributed by atoms with Gasteiger partial charge in [0.05, 0.1) is 4.58 Å². The predicted octanol–water partition coefficient (Wildman–Crippen LogP) is 3.50. The molecule has 2 aliphatic rings. The molecule has 4 nitrogen and oxygen atoms in total. The minimum atomic E-state index is 0.0188. The second-order valence-electron chi connectivity index (χ2n) is 6.82. The maximum atomic E-state index is 12.7. The Bertz CT molecular complexity index is 604. The van der Waals surface area contributed by atoms with Crippen LogP contribution in [0.2, 0.25) is 0 Å². The molecule has 1 aromatic carbocycles. The molecule has 0 unspecified atom stereocenters. The standard InChI is InChI=1S/C19H26N2O2S2/c1-14(2)17(22)20-8-10-21(11-9-20)18(23)15-4-6-16(7-5-15)19-24-12-3-13-25-19/h4-7,14,19H,3,8-13H2,1-2H3. The Kier molecular flexibility index (Phi) is 6.34. The van der Waals surface area contributed by atoms with Crippen LogP contribution >= 0.6 is 23.5 Å². The first kappa shape index (κ1) is 18.6. The zero-order valence-corrected chi connectivity index (χ0v) is 16.6. The van der Waals surface area contributed by atoms with Gasteiger partial charge in [0.2, 0.25) is 5.91 Å². The molecule has 2 aliphatic heterocycles. The summed E-state index contributed by atoms with van der Waals surface area (Å²) in [4.78, 5) is 28.5. The summed E-state index contributed by atoms with van der Waals surface area (Å²) in [5.74, 6) is 2.71. The highest BCUT2D eigenvalue weighted by molar-refractivity contribution is 8.16. The van der Waals surface area contributed by atoms with Crippen LogP contribution in [0.25, 0.3) is 0 Å². The first-order valence-electron chi connectivity index (χ1n) is 8.97. The number of carbonyl (C=O) groups is 2. The van der Waals surface area contributed by atoms with Crippen LogP contribution < -0.4 is 0 Å². The summed E-state index contributed by atoms with van der Waals surface area (Å²) in [6, 6.07) is 8.11. The fourth-order valence-corrected chi connectivity index (χ4v) is 6.04. The lowest BCUT2D eigenvalue weighted by Crippen LogP contribution is -2.51. The van der Waals surface area contributed by atoms with Gasteiger partial charge in [-0.2, -0.15) is 0 Å². The molecule has 0 saturated carbocycles. The summed E-state index contributed by atoms with van der Waals surface area (Å²) in [6.07, 6.45) is 1.29. The van der Waals surface area contributed by atoms with Crippen LogP contribution in [0.5, 0.6) is 0 Å². The Morgan fingerprint density at radius 1 is 0.960 bits per heavy atom. The van der Waals surface area contributed by atoms with E-state index in [1.807, 2.05) is 59.3 Å². The molecule has 0 spiro atoms. The smallest absolute Gasteiger partial charge is 0.253 e. The van der Waals surface area contributed by atoms with Crippen LogP contribution in [0.15, 0.2) is 24.3 Å². The molecule has 25 heavy (non-hydrogen) atoms. The van der Waals surface area contributed by atoms with Crippen molar-refractivity contribution in [2.45, 2.75) is 24.9 Å². The largest absolute Gasteiger partial charge is 0.339 e. The molecule has 2 saturated heterocycles. The van der Waals surface area contributed by atoms with E-state index >= 15 is 0 Å². The zero-order valence-electron chi connectivity index (χ0n) is 14.9. The Hall–Kier alpha value is -1.14. The van der Waals surface area contributed by atoms with E-state index < -0.39 is 0 Å². The van der Waals surface area contributed by atoms with Gasteiger partial charge in [-0.3, -0.25) is 9.59 Å². The van der Waals surface area contributed by atoms with Gasteiger partial charge in [-0.05, 0) is 35.6 Å². The third-order valence-corrected chi connectivity index (χ3v) is 7.64. The van der Waals surface area contributed by atoms with E-state index in [-0.39, 0.29) is 17.7 Å². The highest BCUT2D eigenvalue weighted by atomic mass is 32.2. The number of hydrogen-bond acceptors (Lipinski definition) is 4. The van der Waals surface area contributed by atoms with E-state index in [1.165, 1.54) is 23.5 Å². The molecule has 0 radical (unpaired) electrons.